The normalized spacial score (nSPS) is 10.4. The van der Waals surface area contributed by atoms with E-state index in [1.54, 1.807) is 6.07 Å². The van der Waals surface area contributed by atoms with E-state index < -0.39 is 18.4 Å². The van der Waals surface area contributed by atoms with Gasteiger partial charge in [-0.25, -0.2) is 0 Å². The molecule has 0 spiro atoms. The van der Waals surface area contributed by atoms with Gasteiger partial charge in [-0.15, -0.1) is 0 Å². The van der Waals surface area contributed by atoms with Crippen molar-refractivity contribution in [2.45, 2.75) is 26.7 Å². The van der Waals surface area contributed by atoms with E-state index in [9.17, 15) is 14.4 Å². The molecule has 0 aliphatic carbocycles. The van der Waals surface area contributed by atoms with Crippen LogP contribution in [0.25, 0.3) is 0 Å². The van der Waals surface area contributed by atoms with E-state index in [0.717, 1.165) is 11.1 Å². The van der Waals surface area contributed by atoms with Crippen LogP contribution in [-0.2, 0) is 14.3 Å². The van der Waals surface area contributed by atoms with E-state index >= 15 is 0 Å². The standard InChI is InChI=1S/C20H19Cl2NO4/c1-12-3-5-15(9-13(12)2)23-19(25)7-8-20(26)27-11-18(24)14-4-6-16(21)17(22)10-14/h3-6,9-10H,7-8,11H2,1-2H3,(H,23,25). The van der Waals surface area contributed by atoms with E-state index in [1.165, 1.54) is 18.2 Å². The molecule has 0 radical (unpaired) electrons. The topological polar surface area (TPSA) is 72.5 Å². The molecular formula is C20H19Cl2NO4. The lowest BCUT2D eigenvalue weighted by Crippen LogP contribution is -2.17. The molecular weight excluding hydrogens is 389 g/mol. The Balaban J connectivity index is 1.76. The molecule has 0 aromatic heterocycles. The number of anilines is 1. The van der Waals surface area contributed by atoms with Crippen molar-refractivity contribution in [3.63, 3.8) is 0 Å². The number of amides is 1. The highest BCUT2D eigenvalue weighted by atomic mass is 35.5. The van der Waals surface area contributed by atoms with Crippen molar-refractivity contribution in [3.8, 4) is 0 Å². The van der Waals surface area contributed by atoms with Crippen LogP contribution < -0.4 is 5.32 Å². The van der Waals surface area contributed by atoms with Crippen molar-refractivity contribution >= 4 is 46.5 Å². The van der Waals surface area contributed by atoms with Crippen molar-refractivity contribution in [2.75, 3.05) is 11.9 Å². The Bertz CT molecular complexity index is 880. The first-order valence-electron chi connectivity index (χ1n) is 8.27. The van der Waals surface area contributed by atoms with Gasteiger partial charge in [0.05, 0.1) is 16.5 Å². The second-order valence-corrected chi connectivity index (χ2v) is 6.87. The van der Waals surface area contributed by atoms with Crippen LogP contribution >= 0.6 is 23.2 Å². The van der Waals surface area contributed by atoms with Crippen LogP contribution in [0.4, 0.5) is 5.69 Å². The van der Waals surface area contributed by atoms with Gasteiger partial charge in [-0.05, 0) is 55.3 Å². The van der Waals surface area contributed by atoms with Crippen LogP contribution in [0.5, 0.6) is 0 Å². The Morgan fingerprint density at radius 1 is 0.926 bits per heavy atom. The molecule has 2 aromatic rings. The third kappa shape index (κ3) is 6.38. The summed E-state index contributed by atoms with van der Waals surface area (Å²) in [7, 11) is 0. The van der Waals surface area contributed by atoms with E-state index in [1.807, 2.05) is 26.0 Å². The Kier molecular flexibility index (Phi) is 7.39. The Labute approximate surface area is 167 Å². The molecule has 0 bridgehead atoms. The van der Waals surface area contributed by atoms with Crippen molar-refractivity contribution in [3.05, 3.63) is 63.1 Å². The molecule has 0 saturated carbocycles. The highest BCUT2D eigenvalue weighted by Crippen LogP contribution is 2.22. The number of ether oxygens (including phenoxy) is 1. The minimum Gasteiger partial charge on any atom is -0.457 e. The largest absolute Gasteiger partial charge is 0.457 e. The third-order valence-electron chi connectivity index (χ3n) is 3.95. The Morgan fingerprint density at radius 3 is 2.33 bits per heavy atom. The number of carbonyl (C=O) groups excluding carboxylic acids is 3. The molecule has 2 rings (SSSR count). The number of carbonyl (C=O) groups is 3. The molecule has 2 aromatic carbocycles. The van der Waals surface area contributed by atoms with Crippen LogP contribution in [0, 0.1) is 13.8 Å². The van der Waals surface area contributed by atoms with Crippen LogP contribution in [0.3, 0.4) is 0 Å². The maximum atomic E-state index is 12.0. The smallest absolute Gasteiger partial charge is 0.306 e. The first kappa shape index (κ1) is 20.9. The van der Waals surface area contributed by atoms with Gasteiger partial charge in [0.2, 0.25) is 5.91 Å². The molecule has 0 aliphatic heterocycles. The first-order valence-corrected chi connectivity index (χ1v) is 9.03. The molecule has 1 N–H and O–H groups in total. The highest BCUT2D eigenvalue weighted by molar-refractivity contribution is 6.42. The lowest BCUT2D eigenvalue weighted by molar-refractivity contribution is -0.143. The molecule has 0 atom stereocenters. The lowest BCUT2D eigenvalue weighted by Gasteiger charge is -2.08. The molecule has 0 saturated heterocycles. The fourth-order valence-corrected chi connectivity index (χ4v) is 2.53. The summed E-state index contributed by atoms with van der Waals surface area (Å²) in [6, 6.07) is 9.98. The van der Waals surface area contributed by atoms with E-state index in [2.05, 4.69) is 5.32 Å². The number of hydrogen-bond acceptors (Lipinski definition) is 4. The number of rotatable bonds is 7. The number of hydrogen-bond donors (Lipinski definition) is 1. The highest BCUT2D eigenvalue weighted by Gasteiger charge is 2.13. The molecule has 0 fully saturated rings. The van der Waals surface area contributed by atoms with Gasteiger partial charge < -0.3 is 10.1 Å². The summed E-state index contributed by atoms with van der Waals surface area (Å²) in [6.07, 6.45) is -0.155. The summed E-state index contributed by atoms with van der Waals surface area (Å²) < 4.78 is 4.92. The van der Waals surface area contributed by atoms with Gasteiger partial charge >= 0.3 is 5.97 Å². The molecule has 0 aliphatic rings. The van der Waals surface area contributed by atoms with Crippen LogP contribution in [-0.4, -0.2) is 24.3 Å². The van der Waals surface area contributed by atoms with Crippen molar-refractivity contribution in [1.29, 1.82) is 0 Å². The van der Waals surface area contributed by atoms with E-state index in [-0.39, 0.29) is 23.8 Å². The third-order valence-corrected chi connectivity index (χ3v) is 4.69. The van der Waals surface area contributed by atoms with Crippen LogP contribution in [0.15, 0.2) is 36.4 Å². The first-order chi connectivity index (χ1) is 12.8. The molecule has 0 heterocycles. The average molecular weight is 408 g/mol. The zero-order valence-corrected chi connectivity index (χ0v) is 16.5. The monoisotopic (exact) mass is 407 g/mol. The maximum Gasteiger partial charge on any atom is 0.306 e. The van der Waals surface area contributed by atoms with Gasteiger partial charge in [-0.3, -0.25) is 14.4 Å². The van der Waals surface area contributed by atoms with Gasteiger partial charge in [-0.2, -0.15) is 0 Å². The second-order valence-electron chi connectivity index (χ2n) is 6.06. The molecule has 1 amide bonds. The summed E-state index contributed by atoms with van der Waals surface area (Å²) in [6.45, 7) is 3.51. The number of nitrogens with one attached hydrogen (secondary N) is 1. The number of aryl methyl sites for hydroxylation is 2. The number of esters is 1. The fourth-order valence-electron chi connectivity index (χ4n) is 2.23. The molecule has 142 valence electrons. The molecule has 0 unspecified atom stereocenters. The van der Waals surface area contributed by atoms with Gasteiger partial charge in [0.15, 0.2) is 12.4 Å². The van der Waals surface area contributed by atoms with Crippen LogP contribution in [0.2, 0.25) is 10.0 Å². The number of benzene rings is 2. The molecule has 5 nitrogen and oxygen atoms in total. The minimum atomic E-state index is -0.626. The SMILES string of the molecule is Cc1ccc(NC(=O)CCC(=O)OCC(=O)c2ccc(Cl)c(Cl)c2)cc1C. The molecule has 27 heavy (non-hydrogen) atoms. The predicted molar refractivity (Wildman–Crippen MR) is 106 cm³/mol. The van der Waals surface area contributed by atoms with Crippen molar-refractivity contribution in [2.24, 2.45) is 0 Å². The Morgan fingerprint density at radius 2 is 1.67 bits per heavy atom. The predicted octanol–water partition coefficient (Wildman–Crippen LogP) is 4.76. The zero-order chi connectivity index (χ0) is 20.0. The summed E-state index contributed by atoms with van der Waals surface area (Å²) in [5.74, 6) is -1.33. The fraction of sp³-hybridized carbons (Fsp3) is 0.250. The summed E-state index contributed by atoms with van der Waals surface area (Å²) in [5.41, 5.74) is 3.16. The van der Waals surface area contributed by atoms with E-state index in [0.29, 0.717) is 16.3 Å². The summed E-state index contributed by atoms with van der Waals surface area (Å²) in [4.78, 5) is 35.7. The number of ketones is 1. The van der Waals surface area contributed by atoms with Gasteiger partial charge in [0.1, 0.15) is 0 Å². The lowest BCUT2D eigenvalue weighted by atomic mass is 10.1. The van der Waals surface area contributed by atoms with Crippen LogP contribution in [0.1, 0.15) is 34.3 Å². The van der Waals surface area contributed by atoms with Crippen molar-refractivity contribution < 1.29 is 19.1 Å². The summed E-state index contributed by atoms with van der Waals surface area (Å²) >= 11 is 11.6. The summed E-state index contributed by atoms with van der Waals surface area (Å²) in [5, 5.41) is 3.31. The van der Waals surface area contributed by atoms with Gasteiger partial charge in [-0.1, -0.05) is 29.3 Å². The number of Topliss-reactive ketones (excluding diaryl/α,β-unsaturated/α-hetero) is 1. The van der Waals surface area contributed by atoms with E-state index in [4.69, 9.17) is 27.9 Å². The Hall–Kier alpha value is -2.37. The van der Waals surface area contributed by atoms with Gasteiger partial charge in [0, 0.05) is 17.7 Å². The molecule has 7 heteroatoms. The van der Waals surface area contributed by atoms with Crippen molar-refractivity contribution in [1.82, 2.24) is 0 Å². The second kappa shape index (κ2) is 9.53. The van der Waals surface area contributed by atoms with Gasteiger partial charge in [0.25, 0.3) is 0 Å². The minimum absolute atomic E-state index is 0.0350. The number of halogens is 2. The maximum absolute atomic E-state index is 12.0. The zero-order valence-electron chi connectivity index (χ0n) is 15.0. The average Bonchev–Trinajstić information content (AvgIpc) is 2.63. The quantitative estimate of drug-likeness (QED) is 0.530.